The second kappa shape index (κ2) is 7.17. The van der Waals surface area contributed by atoms with Crippen LogP contribution in [0.15, 0.2) is 12.1 Å². The van der Waals surface area contributed by atoms with Crippen molar-refractivity contribution in [2.75, 3.05) is 25.1 Å². The third-order valence-corrected chi connectivity index (χ3v) is 3.10. The number of morpholine rings is 1. The summed E-state index contributed by atoms with van der Waals surface area (Å²) in [6, 6.07) is 2.47. The number of carbonyl (C=O) groups excluding carboxylic acids is 1. The Hall–Kier alpha value is -0.720. The SMILES string of the molecule is Cl.O=C(Nc1cc(Cl)c(O)c(Cl)c1)C1COCCN1. The summed E-state index contributed by atoms with van der Waals surface area (Å²) in [5.41, 5.74) is 0.431. The van der Waals surface area contributed by atoms with Crippen LogP contribution in [0.3, 0.4) is 0 Å². The average molecular weight is 328 g/mol. The Kier molecular flexibility index (Phi) is 6.16. The summed E-state index contributed by atoms with van der Waals surface area (Å²) in [7, 11) is 0. The van der Waals surface area contributed by atoms with Crippen LogP contribution in [0.1, 0.15) is 0 Å². The van der Waals surface area contributed by atoms with Gasteiger partial charge >= 0.3 is 0 Å². The van der Waals surface area contributed by atoms with E-state index in [-0.39, 0.29) is 34.1 Å². The average Bonchev–Trinajstić information content (AvgIpc) is 2.37. The number of carbonyl (C=O) groups is 1. The van der Waals surface area contributed by atoms with Gasteiger partial charge in [-0.1, -0.05) is 23.2 Å². The molecule has 19 heavy (non-hydrogen) atoms. The summed E-state index contributed by atoms with van der Waals surface area (Å²) < 4.78 is 5.19. The Balaban J connectivity index is 0.00000180. The number of ether oxygens (including phenoxy) is 1. The molecule has 1 amide bonds. The van der Waals surface area contributed by atoms with E-state index >= 15 is 0 Å². The fourth-order valence-corrected chi connectivity index (χ4v) is 2.09. The lowest BCUT2D eigenvalue weighted by molar-refractivity contribution is -0.120. The molecule has 1 unspecified atom stereocenters. The third kappa shape index (κ3) is 4.12. The maximum atomic E-state index is 11.9. The van der Waals surface area contributed by atoms with Crippen molar-refractivity contribution in [3.8, 4) is 5.75 Å². The van der Waals surface area contributed by atoms with E-state index < -0.39 is 6.04 Å². The number of rotatable bonds is 2. The first-order valence-corrected chi connectivity index (χ1v) is 6.13. The molecule has 1 atom stereocenters. The minimum Gasteiger partial charge on any atom is -0.505 e. The number of amides is 1. The second-order valence-electron chi connectivity index (χ2n) is 3.86. The zero-order valence-electron chi connectivity index (χ0n) is 9.78. The Bertz CT molecular complexity index is 441. The Morgan fingerprint density at radius 3 is 2.58 bits per heavy atom. The highest BCUT2D eigenvalue weighted by atomic mass is 35.5. The molecule has 0 spiro atoms. The number of halogens is 3. The van der Waals surface area contributed by atoms with Gasteiger partial charge in [-0.25, -0.2) is 0 Å². The van der Waals surface area contributed by atoms with Gasteiger partial charge in [0.15, 0.2) is 5.75 Å². The zero-order valence-corrected chi connectivity index (χ0v) is 12.1. The summed E-state index contributed by atoms with van der Waals surface area (Å²) >= 11 is 11.5. The van der Waals surface area contributed by atoms with Crippen LogP contribution in [-0.4, -0.2) is 36.8 Å². The van der Waals surface area contributed by atoms with Crippen molar-refractivity contribution in [3.63, 3.8) is 0 Å². The zero-order chi connectivity index (χ0) is 13.1. The predicted octanol–water partition coefficient (Wildman–Crippen LogP) is 2.05. The molecule has 0 saturated carbocycles. The highest BCUT2D eigenvalue weighted by molar-refractivity contribution is 6.37. The molecule has 1 aliphatic heterocycles. The second-order valence-corrected chi connectivity index (χ2v) is 4.67. The molecule has 1 aromatic carbocycles. The van der Waals surface area contributed by atoms with Gasteiger partial charge in [-0.15, -0.1) is 12.4 Å². The minimum absolute atomic E-state index is 0. The van der Waals surface area contributed by atoms with E-state index in [0.717, 1.165) is 0 Å². The lowest BCUT2D eigenvalue weighted by Gasteiger charge is -2.23. The number of phenolic OH excluding ortho intramolecular Hbond substituents is 1. The molecular weight excluding hydrogens is 314 g/mol. The topological polar surface area (TPSA) is 70.6 Å². The van der Waals surface area contributed by atoms with Crippen molar-refractivity contribution in [2.45, 2.75) is 6.04 Å². The number of phenols is 1. The summed E-state index contributed by atoms with van der Waals surface area (Å²) in [5.74, 6) is -0.428. The highest BCUT2D eigenvalue weighted by Crippen LogP contribution is 2.34. The van der Waals surface area contributed by atoms with Gasteiger partial charge in [0.2, 0.25) is 5.91 Å². The Labute approximate surface area is 126 Å². The van der Waals surface area contributed by atoms with E-state index in [1.165, 1.54) is 12.1 Å². The first kappa shape index (κ1) is 16.3. The maximum absolute atomic E-state index is 11.9. The van der Waals surface area contributed by atoms with Gasteiger partial charge in [-0.2, -0.15) is 0 Å². The van der Waals surface area contributed by atoms with Crippen molar-refractivity contribution in [2.24, 2.45) is 0 Å². The molecule has 3 N–H and O–H groups in total. The monoisotopic (exact) mass is 326 g/mol. The molecule has 1 heterocycles. The molecule has 1 aliphatic rings. The fraction of sp³-hybridized carbons (Fsp3) is 0.364. The Morgan fingerprint density at radius 1 is 1.42 bits per heavy atom. The lowest BCUT2D eigenvalue weighted by Crippen LogP contribution is -2.48. The molecule has 0 bridgehead atoms. The van der Waals surface area contributed by atoms with E-state index in [1.54, 1.807) is 0 Å². The van der Waals surface area contributed by atoms with Gasteiger partial charge in [0.05, 0.1) is 23.3 Å². The van der Waals surface area contributed by atoms with Gasteiger partial charge in [-0.3, -0.25) is 4.79 Å². The molecule has 8 heteroatoms. The molecule has 0 aliphatic carbocycles. The molecule has 1 saturated heterocycles. The standard InChI is InChI=1S/C11H12Cl2N2O3.ClH/c12-7-3-6(4-8(13)10(7)16)15-11(17)9-5-18-2-1-14-9;/h3-4,9,14,16H,1-2,5H2,(H,15,17);1H. The summed E-state index contributed by atoms with van der Waals surface area (Å²) in [6.07, 6.45) is 0. The molecule has 106 valence electrons. The van der Waals surface area contributed by atoms with E-state index in [0.29, 0.717) is 25.4 Å². The molecule has 5 nitrogen and oxygen atoms in total. The highest BCUT2D eigenvalue weighted by Gasteiger charge is 2.21. The van der Waals surface area contributed by atoms with E-state index in [2.05, 4.69) is 10.6 Å². The summed E-state index contributed by atoms with van der Waals surface area (Å²) in [4.78, 5) is 11.9. The van der Waals surface area contributed by atoms with Crippen molar-refractivity contribution in [3.05, 3.63) is 22.2 Å². The molecule has 1 fully saturated rings. The van der Waals surface area contributed by atoms with Crippen LogP contribution in [-0.2, 0) is 9.53 Å². The fourth-order valence-electron chi connectivity index (χ4n) is 1.60. The number of nitrogens with one attached hydrogen (secondary N) is 2. The van der Waals surface area contributed by atoms with E-state index in [1.807, 2.05) is 0 Å². The van der Waals surface area contributed by atoms with E-state index in [4.69, 9.17) is 27.9 Å². The minimum atomic E-state index is -0.398. The smallest absolute Gasteiger partial charge is 0.243 e. The van der Waals surface area contributed by atoms with Crippen LogP contribution in [0.2, 0.25) is 10.0 Å². The number of hydrogen-bond donors (Lipinski definition) is 3. The van der Waals surface area contributed by atoms with Crippen molar-refractivity contribution in [1.82, 2.24) is 5.32 Å². The van der Waals surface area contributed by atoms with Crippen molar-refractivity contribution < 1.29 is 14.6 Å². The third-order valence-electron chi connectivity index (χ3n) is 2.52. The largest absolute Gasteiger partial charge is 0.505 e. The van der Waals surface area contributed by atoms with Crippen LogP contribution in [0.25, 0.3) is 0 Å². The number of hydrogen-bond acceptors (Lipinski definition) is 4. The van der Waals surface area contributed by atoms with Crippen LogP contribution in [0.5, 0.6) is 5.75 Å². The summed E-state index contributed by atoms with van der Waals surface area (Å²) in [5, 5.41) is 15.3. The van der Waals surface area contributed by atoms with Crippen LogP contribution in [0.4, 0.5) is 5.69 Å². The van der Waals surface area contributed by atoms with Crippen molar-refractivity contribution >= 4 is 47.2 Å². The van der Waals surface area contributed by atoms with E-state index in [9.17, 15) is 9.90 Å². The molecule has 0 radical (unpaired) electrons. The predicted molar refractivity (Wildman–Crippen MR) is 76.6 cm³/mol. The number of benzene rings is 1. The van der Waals surface area contributed by atoms with Crippen LogP contribution >= 0.6 is 35.6 Å². The van der Waals surface area contributed by atoms with Gasteiger partial charge in [0, 0.05) is 12.2 Å². The first-order valence-electron chi connectivity index (χ1n) is 5.38. The molecule has 0 aromatic heterocycles. The van der Waals surface area contributed by atoms with Crippen LogP contribution in [0, 0.1) is 0 Å². The van der Waals surface area contributed by atoms with Crippen LogP contribution < -0.4 is 10.6 Å². The van der Waals surface area contributed by atoms with Gasteiger partial charge in [0.1, 0.15) is 6.04 Å². The molecular formula is C11H13Cl3N2O3. The quantitative estimate of drug-likeness (QED) is 0.727. The normalized spacial score (nSPS) is 18.5. The summed E-state index contributed by atoms with van der Waals surface area (Å²) in [6.45, 7) is 1.56. The van der Waals surface area contributed by atoms with Crippen molar-refractivity contribution in [1.29, 1.82) is 0 Å². The number of aromatic hydroxyl groups is 1. The Morgan fingerprint density at radius 2 is 2.05 bits per heavy atom. The first-order chi connectivity index (χ1) is 8.58. The molecule has 1 aromatic rings. The lowest BCUT2D eigenvalue weighted by atomic mass is 10.2. The van der Waals surface area contributed by atoms with Gasteiger partial charge < -0.3 is 20.5 Å². The molecule has 2 rings (SSSR count). The van der Waals surface area contributed by atoms with Gasteiger partial charge in [-0.05, 0) is 12.1 Å². The maximum Gasteiger partial charge on any atom is 0.243 e. The van der Waals surface area contributed by atoms with Gasteiger partial charge in [0.25, 0.3) is 0 Å². The number of anilines is 1.